The first-order valence-electron chi connectivity index (χ1n) is 9.46. The van der Waals surface area contributed by atoms with Crippen molar-refractivity contribution in [3.05, 3.63) is 60.0 Å². The second-order valence-corrected chi connectivity index (χ2v) is 6.74. The maximum Gasteiger partial charge on any atom is 0.263 e. The minimum absolute atomic E-state index is 0.172. The van der Waals surface area contributed by atoms with Gasteiger partial charge >= 0.3 is 0 Å². The van der Waals surface area contributed by atoms with Gasteiger partial charge in [-0.2, -0.15) is 4.98 Å². The average molecular weight is 395 g/mol. The number of methoxy groups -OCH3 is 1. The van der Waals surface area contributed by atoms with Gasteiger partial charge in [0.15, 0.2) is 17.6 Å². The van der Waals surface area contributed by atoms with Crippen LogP contribution in [0.15, 0.2) is 53.1 Å². The molecule has 2 aromatic carbocycles. The van der Waals surface area contributed by atoms with E-state index < -0.39 is 6.10 Å². The number of nitrogens with zero attached hydrogens (tertiary/aromatic N) is 3. The highest BCUT2D eigenvalue weighted by molar-refractivity contribution is 5.81. The largest absolute Gasteiger partial charge is 0.493 e. The first-order chi connectivity index (χ1) is 14.0. The summed E-state index contributed by atoms with van der Waals surface area (Å²) in [6.45, 7) is 4.10. The van der Waals surface area contributed by atoms with E-state index in [1.165, 1.54) is 4.90 Å². The monoisotopic (exact) mass is 395 g/mol. The molecule has 3 rings (SSSR count). The van der Waals surface area contributed by atoms with Crippen molar-refractivity contribution in [2.24, 2.45) is 0 Å². The molecule has 7 nitrogen and oxygen atoms in total. The van der Waals surface area contributed by atoms with Crippen LogP contribution in [0, 0.1) is 6.92 Å². The normalized spacial score (nSPS) is 11.7. The standard InChI is InChI=1S/C22H25N3O4/c1-5-17(28-19-12-7-6-11-18(19)27-4)22(26)25(3)14-20-23-21(24-29-20)16-10-8-9-15(2)13-16/h6-13,17H,5,14H2,1-4H3/t17-/m0/s1. The molecule has 0 bridgehead atoms. The highest BCUT2D eigenvalue weighted by Crippen LogP contribution is 2.27. The van der Waals surface area contributed by atoms with Crippen LogP contribution in [0.2, 0.25) is 0 Å². The van der Waals surface area contributed by atoms with Gasteiger partial charge in [0, 0.05) is 12.6 Å². The number of aromatic nitrogens is 2. The number of carbonyl (C=O) groups excluding carboxylic acids is 1. The molecule has 29 heavy (non-hydrogen) atoms. The number of amides is 1. The van der Waals surface area contributed by atoms with Gasteiger partial charge in [-0.05, 0) is 31.5 Å². The van der Waals surface area contributed by atoms with Gasteiger partial charge in [0.05, 0.1) is 13.7 Å². The van der Waals surface area contributed by atoms with Crippen LogP contribution in [0.3, 0.4) is 0 Å². The number of rotatable bonds is 8. The molecular weight excluding hydrogens is 370 g/mol. The zero-order valence-electron chi connectivity index (χ0n) is 17.1. The number of para-hydroxylation sites is 2. The van der Waals surface area contributed by atoms with Crippen LogP contribution in [-0.4, -0.2) is 41.2 Å². The number of aryl methyl sites for hydroxylation is 1. The Hall–Kier alpha value is -3.35. The third-order valence-electron chi connectivity index (χ3n) is 4.48. The van der Waals surface area contributed by atoms with Gasteiger partial charge in [-0.25, -0.2) is 0 Å². The molecule has 1 heterocycles. The summed E-state index contributed by atoms with van der Waals surface area (Å²) < 4.78 is 16.5. The van der Waals surface area contributed by atoms with E-state index in [-0.39, 0.29) is 12.5 Å². The Kier molecular flexibility index (Phi) is 6.49. The van der Waals surface area contributed by atoms with Crippen LogP contribution in [0.1, 0.15) is 24.8 Å². The molecular formula is C22H25N3O4. The van der Waals surface area contributed by atoms with E-state index in [4.69, 9.17) is 14.0 Å². The fourth-order valence-electron chi connectivity index (χ4n) is 2.92. The van der Waals surface area contributed by atoms with Crippen molar-refractivity contribution in [2.45, 2.75) is 32.9 Å². The molecule has 0 fully saturated rings. The number of ether oxygens (including phenoxy) is 2. The molecule has 1 amide bonds. The van der Waals surface area contributed by atoms with Crippen LogP contribution in [0.4, 0.5) is 0 Å². The van der Waals surface area contributed by atoms with E-state index in [9.17, 15) is 4.79 Å². The Labute approximate surface area is 170 Å². The molecule has 0 saturated heterocycles. The second kappa shape index (κ2) is 9.23. The van der Waals surface area contributed by atoms with Gasteiger partial charge < -0.3 is 18.9 Å². The van der Waals surface area contributed by atoms with Gasteiger partial charge in [-0.3, -0.25) is 4.79 Å². The summed E-state index contributed by atoms with van der Waals surface area (Å²) in [7, 11) is 3.26. The average Bonchev–Trinajstić information content (AvgIpc) is 3.20. The molecule has 3 aromatic rings. The Morgan fingerprint density at radius 3 is 2.62 bits per heavy atom. The van der Waals surface area contributed by atoms with Gasteiger partial charge in [0.1, 0.15) is 0 Å². The Morgan fingerprint density at radius 2 is 1.93 bits per heavy atom. The zero-order chi connectivity index (χ0) is 20.8. The summed E-state index contributed by atoms with van der Waals surface area (Å²) in [5, 5.41) is 4.02. The third kappa shape index (κ3) is 4.93. The second-order valence-electron chi connectivity index (χ2n) is 6.74. The molecule has 0 N–H and O–H groups in total. The first kappa shape index (κ1) is 20.4. The molecule has 0 spiro atoms. The van der Waals surface area contributed by atoms with E-state index in [1.807, 2.05) is 50.2 Å². The molecule has 0 saturated carbocycles. The highest BCUT2D eigenvalue weighted by Gasteiger charge is 2.25. The van der Waals surface area contributed by atoms with Crippen LogP contribution in [0.25, 0.3) is 11.4 Å². The SMILES string of the molecule is CC[C@H](Oc1ccccc1OC)C(=O)N(C)Cc1nc(-c2cccc(C)c2)no1. The van der Waals surface area contributed by atoms with Crippen molar-refractivity contribution in [1.29, 1.82) is 0 Å². The summed E-state index contributed by atoms with van der Waals surface area (Å²) in [4.78, 5) is 18.8. The molecule has 0 unspecified atom stereocenters. The number of hydrogen-bond acceptors (Lipinski definition) is 6. The Morgan fingerprint density at radius 1 is 1.17 bits per heavy atom. The predicted molar refractivity (Wildman–Crippen MR) is 109 cm³/mol. The summed E-state index contributed by atoms with van der Waals surface area (Å²) in [6.07, 6.45) is -0.130. The Balaban J connectivity index is 1.68. The number of benzene rings is 2. The number of hydrogen-bond donors (Lipinski definition) is 0. The fourth-order valence-corrected chi connectivity index (χ4v) is 2.92. The van der Waals surface area contributed by atoms with E-state index >= 15 is 0 Å². The summed E-state index contributed by atoms with van der Waals surface area (Å²) in [6, 6.07) is 15.1. The third-order valence-corrected chi connectivity index (χ3v) is 4.48. The maximum absolute atomic E-state index is 12.9. The van der Waals surface area contributed by atoms with E-state index in [1.54, 1.807) is 26.3 Å². The van der Waals surface area contributed by atoms with E-state index in [2.05, 4.69) is 10.1 Å². The van der Waals surface area contributed by atoms with Crippen molar-refractivity contribution in [3.8, 4) is 22.9 Å². The highest BCUT2D eigenvalue weighted by atomic mass is 16.5. The lowest BCUT2D eigenvalue weighted by atomic mass is 10.1. The molecule has 152 valence electrons. The summed E-state index contributed by atoms with van der Waals surface area (Å²) in [5.74, 6) is 1.81. The minimum Gasteiger partial charge on any atom is -0.493 e. The molecule has 0 radical (unpaired) electrons. The van der Waals surface area contributed by atoms with Crippen molar-refractivity contribution in [3.63, 3.8) is 0 Å². The first-order valence-corrected chi connectivity index (χ1v) is 9.46. The molecule has 1 atom stereocenters. The topological polar surface area (TPSA) is 77.7 Å². The van der Waals surface area contributed by atoms with Crippen molar-refractivity contribution >= 4 is 5.91 Å². The van der Waals surface area contributed by atoms with Gasteiger partial charge in [0.25, 0.3) is 5.91 Å². The summed E-state index contributed by atoms with van der Waals surface area (Å²) in [5.41, 5.74) is 1.99. The lowest BCUT2D eigenvalue weighted by molar-refractivity contribution is -0.138. The predicted octanol–water partition coefficient (Wildman–Crippen LogP) is 3.87. The van der Waals surface area contributed by atoms with Crippen LogP contribution < -0.4 is 9.47 Å². The van der Waals surface area contributed by atoms with Crippen molar-refractivity contribution < 1.29 is 18.8 Å². The molecule has 0 aliphatic rings. The van der Waals surface area contributed by atoms with Gasteiger partial charge in [-0.1, -0.05) is 48.0 Å². The zero-order valence-corrected chi connectivity index (χ0v) is 17.1. The quantitative estimate of drug-likeness (QED) is 0.576. The number of carbonyl (C=O) groups is 1. The number of likely N-dealkylation sites (N-methyl/N-ethyl adjacent to an activating group) is 1. The smallest absolute Gasteiger partial charge is 0.263 e. The Bertz CT molecular complexity index is 970. The molecule has 0 aliphatic carbocycles. The van der Waals surface area contributed by atoms with Gasteiger partial charge in [-0.15, -0.1) is 0 Å². The van der Waals surface area contributed by atoms with Crippen molar-refractivity contribution in [2.75, 3.05) is 14.2 Å². The molecule has 1 aromatic heterocycles. The lowest BCUT2D eigenvalue weighted by Gasteiger charge is -2.23. The minimum atomic E-state index is -0.643. The van der Waals surface area contributed by atoms with Crippen LogP contribution >= 0.6 is 0 Å². The molecule has 0 aliphatic heterocycles. The van der Waals surface area contributed by atoms with E-state index in [0.717, 1.165) is 11.1 Å². The lowest BCUT2D eigenvalue weighted by Crippen LogP contribution is -2.39. The van der Waals surface area contributed by atoms with Crippen molar-refractivity contribution in [1.82, 2.24) is 15.0 Å². The van der Waals surface area contributed by atoms with Gasteiger partial charge in [0.2, 0.25) is 11.7 Å². The fraction of sp³-hybridized carbons (Fsp3) is 0.318. The van der Waals surface area contributed by atoms with Crippen LogP contribution in [0.5, 0.6) is 11.5 Å². The maximum atomic E-state index is 12.9. The van der Waals surface area contributed by atoms with Crippen LogP contribution in [-0.2, 0) is 11.3 Å². The molecule has 7 heteroatoms. The summed E-state index contributed by atoms with van der Waals surface area (Å²) >= 11 is 0. The van der Waals surface area contributed by atoms with E-state index in [0.29, 0.717) is 29.6 Å².